The minimum absolute atomic E-state index is 0.0100. The number of hydrogen-bond acceptors (Lipinski definition) is 9. The van der Waals surface area contributed by atoms with E-state index >= 15 is 0 Å². The Bertz CT molecular complexity index is 1890. The fraction of sp³-hybridized carbons (Fsp3) is 0.233. The average molecular weight is 582 g/mol. The molecule has 7 rings (SSSR count). The summed E-state index contributed by atoms with van der Waals surface area (Å²) in [7, 11) is 0. The fourth-order valence-electron chi connectivity index (χ4n) is 5.53. The van der Waals surface area contributed by atoms with Crippen LogP contribution in [0, 0.1) is 11.8 Å². The molecule has 0 N–H and O–H groups in total. The van der Waals surface area contributed by atoms with Crippen molar-refractivity contribution in [1.82, 2.24) is 44.3 Å². The van der Waals surface area contributed by atoms with Crippen LogP contribution in [0.5, 0.6) is 0 Å². The van der Waals surface area contributed by atoms with E-state index in [1.54, 1.807) is 29.0 Å². The number of ketones is 1. The summed E-state index contributed by atoms with van der Waals surface area (Å²) in [5, 5.41) is 12.5. The van der Waals surface area contributed by atoms with E-state index in [0.717, 1.165) is 48.9 Å². The number of carbonyl (C=O) groups excluding carboxylic acids is 1. The van der Waals surface area contributed by atoms with Crippen LogP contribution in [-0.4, -0.2) is 63.2 Å². The molecule has 0 aliphatic carbocycles. The molecule has 5 aromatic heterocycles. The van der Waals surface area contributed by atoms with Gasteiger partial charge in [-0.25, -0.2) is 28.5 Å². The van der Waals surface area contributed by atoms with Gasteiger partial charge in [-0.2, -0.15) is 9.49 Å². The van der Waals surface area contributed by atoms with Crippen molar-refractivity contribution in [3.05, 3.63) is 102 Å². The lowest BCUT2D eigenvalue weighted by Crippen LogP contribution is -2.34. The maximum absolute atomic E-state index is 13.8. The van der Waals surface area contributed by atoms with Crippen molar-refractivity contribution in [3.63, 3.8) is 0 Å². The van der Waals surface area contributed by atoms with Crippen LogP contribution >= 0.6 is 0 Å². The summed E-state index contributed by atoms with van der Waals surface area (Å²) in [4.78, 5) is 27.9. The van der Waals surface area contributed by atoms with Gasteiger partial charge in [0.1, 0.15) is 17.2 Å². The Balaban J connectivity index is 1.20. The molecule has 13 heteroatoms. The average Bonchev–Trinajstić information content (AvgIpc) is 3.78. The van der Waals surface area contributed by atoms with E-state index in [9.17, 15) is 13.6 Å². The Morgan fingerprint density at radius 1 is 1.00 bits per heavy atom. The Labute approximate surface area is 243 Å². The zero-order valence-electron chi connectivity index (χ0n) is 22.8. The van der Waals surface area contributed by atoms with Crippen molar-refractivity contribution in [3.8, 4) is 22.6 Å². The number of imidazole rings is 2. The van der Waals surface area contributed by atoms with Crippen LogP contribution in [0.2, 0.25) is 0 Å². The number of fused-ring (bicyclic) bond motifs is 1. The Kier molecular flexibility index (Phi) is 6.99. The predicted octanol–water partition coefficient (Wildman–Crippen LogP) is 4.58. The van der Waals surface area contributed by atoms with Crippen molar-refractivity contribution in [2.24, 2.45) is 0 Å². The first kappa shape index (κ1) is 26.7. The lowest BCUT2D eigenvalue weighted by molar-refractivity contribution is 0.0991. The lowest BCUT2D eigenvalue weighted by Gasteiger charge is -2.32. The molecule has 1 saturated heterocycles. The molecule has 1 aromatic carbocycles. The van der Waals surface area contributed by atoms with Crippen molar-refractivity contribution in [2.45, 2.75) is 31.8 Å². The van der Waals surface area contributed by atoms with Gasteiger partial charge in [0.05, 0.1) is 42.2 Å². The van der Waals surface area contributed by atoms with Crippen LogP contribution in [0.4, 0.5) is 8.78 Å². The lowest BCUT2D eigenvalue weighted by atomic mass is 10.0. The third-order valence-corrected chi connectivity index (χ3v) is 7.66. The molecule has 0 atom stereocenters. The molecular formula is C30H25F2N9O2. The zero-order valence-corrected chi connectivity index (χ0v) is 22.8. The first-order chi connectivity index (χ1) is 21.0. The van der Waals surface area contributed by atoms with Gasteiger partial charge >= 0.3 is 0 Å². The second kappa shape index (κ2) is 11.2. The number of likely N-dealkylation sites (tertiary alicyclic amines) is 1. The normalized spacial score (nSPS) is 14.5. The van der Waals surface area contributed by atoms with E-state index in [-0.39, 0.29) is 29.6 Å². The molecule has 1 fully saturated rings. The maximum atomic E-state index is 13.8. The number of hydrogen-bond donors (Lipinski definition) is 0. The fourth-order valence-corrected chi connectivity index (χ4v) is 5.53. The van der Waals surface area contributed by atoms with Crippen LogP contribution in [0.15, 0.2) is 78.1 Å². The molecule has 11 nitrogen and oxygen atoms in total. The van der Waals surface area contributed by atoms with E-state index in [0.29, 0.717) is 29.3 Å². The van der Waals surface area contributed by atoms with Gasteiger partial charge < -0.3 is 4.57 Å². The van der Waals surface area contributed by atoms with Gasteiger partial charge in [0, 0.05) is 49.1 Å². The molecule has 0 radical (unpaired) electrons. The Hall–Kier alpha value is -5.17. The highest BCUT2D eigenvalue weighted by molar-refractivity contribution is 5.97. The number of piperidine rings is 1. The molecule has 1 aliphatic heterocycles. The molecule has 43 heavy (non-hydrogen) atoms. The van der Waals surface area contributed by atoms with E-state index in [4.69, 9.17) is 14.7 Å². The molecule has 0 amide bonds. The number of rotatable bonds is 8. The van der Waals surface area contributed by atoms with E-state index in [2.05, 4.69) is 29.7 Å². The third-order valence-electron chi connectivity index (χ3n) is 7.66. The molecule has 216 valence electrons. The number of halogens is 2. The second-order valence-corrected chi connectivity index (χ2v) is 10.5. The van der Waals surface area contributed by atoms with Crippen molar-refractivity contribution >= 4 is 11.4 Å². The van der Waals surface area contributed by atoms with Crippen molar-refractivity contribution in [2.75, 3.05) is 13.1 Å². The molecule has 6 aromatic rings. The second-order valence-electron chi connectivity index (χ2n) is 10.5. The van der Waals surface area contributed by atoms with Gasteiger partial charge in [0.2, 0.25) is 5.95 Å². The topological polar surface area (TPSA) is 120 Å². The number of pyridine rings is 1. The monoisotopic (exact) mass is 581 g/mol. The molecule has 0 spiro atoms. The smallest absolute Gasteiger partial charge is 0.213 e. The molecule has 6 heterocycles. The van der Waals surface area contributed by atoms with Gasteiger partial charge in [-0.1, -0.05) is 10.3 Å². The quantitative estimate of drug-likeness (QED) is 0.188. The number of carbonyl (C=O) groups is 1. The molecule has 0 saturated carbocycles. The van der Waals surface area contributed by atoms with Crippen LogP contribution in [0.1, 0.15) is 40.6 Å². The summed E-state index contributed by atoms with van der Waals surface area (Å²) in [6.45, 7) is 2.38. The SMILES string of the molecule is O=C(Cc1cn2nc(-c3c(-c4ccc(F)cc4)ncn3C3CCN(Cc4cnon4)CC3)ccc2n1)c1ccnc(F)c1. The highest BCUT2D eigenvalue weighted by Gasteiger charge is 2.26. The zero-order chi connectivity index (χ0) is 29.3. The molecular weight excluding hydrogens is 556 g/mol. The van der Waals surface area contributed by atoms with Gasteiger partial charge in [-0.15, -0.1) is 0 Å². The summed E-state index contributed by atoms with van der Waals surface area (Å²) < 4.78 is 35.8. The highest BCUT2D eigenvalue weighted by Crippen LogP contribution is 2.35. The predicted molar refractivity (Wildman–Crippen MR) is 150 cm³/mol. The number of aromatic nitrogens is 8. The minimum Gasteiger partial charge on any atom is -0.326 e. The number of nitrogens with zero attached hydrogens (tertiary/aromatic N) is 9. The van der Waals surface area contributed by atoms with Gasteiger partial charge in [-0.05, 0) is 55.3 Å². The van der Waals surface area contributed by atoms with Gasteiger partial charge in [0.25, 0.3) is 0 Å². The molecule has 0 unspecified atom stereocenters. The molecule has 1 aliphatic rings. The summed E-state index contributed by atoms with van der Waals surface area (Å²) in [5.41, 5.74) is 5.04. The van der Waals surface area contributed by atoms with Gasteiger partial charge in [-0.3, -0.25) is 9.69 Å². The highest BCUT2D eigenvalue weighted by atomic mass is 19.1. The van der Waals surface area contributed by atoms with Crippen LogP contribution < -0.4 is 0 Å². The van der Waals surface area contributed by atoms with Crippen molar-refractivity contribution in [1.29, 1.82) is 0 Å². The Morgan fingerprint density at radius 3 is 2.60 bits per heavy atom. The molecule has 0 bridgehead atoms. The van der Waals surface area contributed by atoms with Crippen LogP contribution in [0.25, 0.3) is 28.3 Å². The minimum atomic E-state index is -0.710. The van der Waals surface area contributed by atoms with Crippen molar-refractivity contribution < 1.29 is 18.2 Å². The van der Waals surface area contributed by atoms with E-state index in [1.807, 2.05) is 18.5 Å². The van der Waals surface area contributed by atoms with Crippen LogP contribution in [0.3, 0.4) is 0 Å². The van der Waals surface area contributed by atoms with E-state index < -0.39 is 5.95 Å². The standard InChI is InChI=1S/C30H25F2N9O2/c31-21-3-1-19(2-4-21)29-30(40(18-34-29)24-8-11-39(12-9-24)16-23-15-35-43-38-23)25-5-6-28-36-22(17-41(28)37-25)14-26(42)20-7-10-33-27(32)13-20/h1-7,10,13,15,17-18,24H,8-9,11-12,14,16H2. The summed E-state index contributed by atoms with van der Waals surface area (Å²) >= 11 is 0. The summed E-state index contributed by atoms with van der Waals surface area (Å²) in [6, 6.07) is 12.7. The Morgan fingerprint density at radius 2 is 1.84 bits per heavy atom. The number of Topliss-reactive ketones (excluding diaryl/α,β-unsaturated/α-hetero) is 1. The van der Waals surface area contributed by atoms with E-state index in [1.165, 1.54) is 24.4 Å². The summed E-state index contributed by atoms with van der Waals surface area (Å²) in [5.74, 6) is -1.31. The van der Waals surface area contributed by atoms with Gasteiger partial charge in [0.15, 0.2) is 11.4 Å². The first-order valence-electron chi connectivity index (χ1n) is 13.8. The first-order valence-corrected chi connectivity index (χ1v) is 13.8. The summed E-state index contributed by atoms with van der Waals surface area (Å²) in [6.07, 6.45) is 8.17. The largest absolute Gasteiger partial charge is 0.326 e. The maximum Gasteiger partial charge on any atom is 0.213 e. The third kappa shape index (κ3) is 5.54. The van der Waals surface area contributed by atoms with Crippen LogP contribution in [-0.2, 0) is 13.0 Å². The number of benzene rings is 1.